The molecule has 3 aromatic rings. The average molecular weight is 256 g/mol. The van der Waals surface area contributed by atoms with E-state index in [0.29, 0.717) is 5.02 Å². The van der Waals surface area contributed by atoms with Crippen LogP contribution in [0.1, 0.15) is 0 Å². The summed E-state index contributed by atoms with van der Waals surface area (Å²) < 4.78 is 5.35. The SMILES string of the molecule is Clc1ccc(-c2oncc2-c2ccccc2)cc1. The third-order valence-corrected chi connectivity index (χ3v) is 3.01. The van der Waals surface area contributed by atoms with E-state index in [9.17, 15) is 0 Å². The lowest BCUT2D eigenvalue weighted by molar-refractivity contribution is 0.432. The van der Waals surface area contributed by atoms with Gasteiger partial charge in [0.25, 0.3) is 0 Å². The number of halogens is 1. The van der Waals surface area contributed by atoms with Gasteiger partial charge in [0.05, 0.1) is 6.20 Å². The van der Waals surface area contributed by atoms with E-state index in [1.807, 2.05) is 54.6 Å². The minimum Gasteiger partial charge on any atom is -0.356 e. The number of aromatic nitrogens is 1. The largest absolute Gasteiger partial charge is 0.356 e. The normalized spacial score (nSPS) is 10.5. The molecule has 0 unspecified atom stereocenters. The van der Waals surface area contributed by atoms with Crippen molar-refractivity contribution in [2.45, 2.75) is 0 Å². The van der Waals surface area contributed by atoms with Crippen molar-refractivity contribution in [1.29, 1.82) is 0 Å². The van der Waals surface area contributed by atoms with Crippen LogP contribution in [-0.4, -0.2) is 5.16 Å². The van der Waals surface area contributed by atoms with Crippen LogP contribution in [0.4, 0.5) is 0 Å². The predicted molar refractivity (Wildman–Crippen MR) is 72.4 cm³/mol. The molecular weight excluding hydrogens is 246 g/mol. The monoisotopic (exact) mass is 255 g/mol. The Bertz CT molecular complexity index is 644. The van der Waals surface area contributed by atoms with Gasteiger partial charge in [-0.15, -0.1) is 0 Å². The summed E-state index contributed by atoms with van der Waals surface area (Å²) in [5.41, 5.74) is 3.04. The Labute approximate surface area is 110 Å². The molecule has 0 radical (unpaired) electrons. The second-order valence-electron chi connectivity index (χ2n) is 3.94. The van der Waals surface area contributed by atoms with Crippen LogP contribution in [0.15, 0.2) is 65.3 Å². The summed E-state index contributed by atoms with van der Waals surface area (Å²) in [5.74, 6) is 0.762. The first kappa shape index (κ1) is 11.1. The Kier molecular flexibility index (Phi) is 2.87. The van der Waals surface area contributed by atoms with Gasteiger partial charge in [-0.2, -0.15) is 0 Å². The number of hydrogen-bond donors (Lipinski definition) is 0. The van der Waals surface area contributed by atoms with Gasteiger partial charge in [-0.1, -0.05) is 47.1 Å². The van der Waals surface area contributed by atoms with Crippen LogP contribution in [0.5, 0.6) is 0 Å². The molecule has 2 nitrogen and oxygen atoms in total. The predicted octanol–water partition coefficient (Wildman–Crippen LogP) is 4.66. The van der Waals surface area contributed by atoms with E-state index in [4.69, 9.17) is 16.1 Å². The first-order chi connectivity index (χ1) is 8.84. The molecule has 1 aromatic heterocycles. The summed E-state index contributed by atoms with van der Waals surface area (Å²) in [6, 6.07) is 17.6. The van der Waals surface area contributed by atoms with Crippen molar-refractivity contribution in [3.8, 4) is 22.5 Å². The molecule has 0 saturated carbocycles. The highest BCUT2D eigenvalue weighted by Gasteiger charge is 2.11. The number of nitrogens with zero attached hydrogens (tertiary/aromatic N) is 1. The molecule has 2 aromatic carbocycles. The van der Waals surface area contributed by atoms with E-state index in [-0.39, 0.29) is 0 Å². The Morgan fingerprint density at radius 3 is 2.28 bits per heavy atom. The molecule has 0 atom stereocenters. The van der Waals surface area contributed by atoms with E-state index in [0.717, 1.165) is 22.5 Å². The minimum absolute atomic E-state index is 0.708. The number of hydrogen-bond acceptors (Lipinski definition) is 2. The lowest BCUT2D eigenvalue weighted by atomic mass is 10.0. The van der Waals surface area contributed by atoms with Crippen LogP contribution in [0, 0.1) is 0 Å². The highest BCUT2D eigenvalue weighted by molar-refractivity contribution is 6.30. The zero-order valence-electron chi connectivity index (χ0n) is 9.51. The summed E-state index contributed by atoms with van der Waals surface area (Å²) in [5, 5.41) is 4.60. The van der Waals surface area contributed by atoms with Crippen molar-refractivity contribution >= 4 is 11.6 Å². The molecule has 0 aliphatic carbocycles. The van der Waals surface area contributed by atoms with E-state index in [2.05, 4.69) is 5.16 Å². The Morgan fingerprint density at radius 2 is 1.56 bits per heavy atom. The summed E-state index contributed by atoms with van der Waals surface area (Å²) in [6.45, 7) is 0. The van der Waals surface area contributed by atoms with Crippen molar-refractivity contribution in [2.24, 2.45) is 0 Å². The van der Waals surface area contributed by atoms with Crippen molar-refractivity contribution in [3.63, 3.8) is 0 Å². The molecule has 0 aliphatic heterocycles. The zero-order chi connectivity index (χ0) is 12.4. The molecule has 88 valence electrons. The number of rotatable bonds is 2. The van der Waals surface area contributed by atoms with E-state index < -0.39 is 0 Å². The van der Waals surface area contributed by atoms with Gasteiger partial charge in [-0.25, -0.2) is 0 Å². The number of benzene rings is 2. The lowest BCUT2D eigenvalue weighted by Crippen LogP contribution is -1.79. The van der Waals surface area contributed by atoms with Gasteiger partial charge in [0.2, 0.25) is 0 Å². The average Bonchev–Trinajstić information content (AvgIpc) is 2.90. The van der Waals surface area contributed by atoms with E-state index in [1.54, 1.807) is 6.20 Å². The zero-order valence-corrected chi connectivity index (χ0v) is 10.3. The molecule has 18 heavy (non-hydrogen) atoms. The summed E-state index contributed by atoms with van der Waals surface area (Å²) in [4.78, 5) is 0. The molecule has 0 N–H and O–H groups in total. The van der Waals surface area contributed by atoms with Crippen LogP contribution in [0.2, 0.25) is 5.02 Å². The maximum absolute atomic E-state index is 5.88. The van der Waals surface area contributed by atoms with E-state index in [1.165, 1.54) is 0 Å². The smallest absolute Gasteiger partial charge is 0.174 e. The topological polar surface area (TPSA) is 26.0 Å². The van der Waals surface area contributed by atoms with E-state index >= 15 is 0 Å². The summed E-state index contributed by atoms with van der Waals surface area (Å²) in [7, 11) is 0. The van der Waals surface area contributed by atoms with Crippen LogP contribution in [-0.2, 0) is 0 Å². The van der Waals surface area contributed by atoms with Gasteiger partial charge in [-0.05, 0) is 29.8 Å². The van der Waals surface area contributed by atoms with Crippen LogP contribution in [0.3, 0.4) is 0 Å². The quantitative estimate of drug-likeness (QED) is 0.665. The molecule has 0 saturated heterocycles. The highest BCUT2D eigenvalue weighted by atomic mass is 35.5. The van der Waals surface area contributed by atoms with Gasteiger partial charge >= 0.3 is 0 Å². The van der Waals surface area contributed by atoms with Gasteiger partial charge < -0.3 is 4.52 Å². The maximum atomic E-state index is 5.88. The molecule has 0 amide bonds. The first-order valence-electron chi connectivity index (χ1n) is 5.60. The Morgan fingerprint density at radius 1 is 0.833 bits per heavy atom. The van der Waals surface area contributed by atoms with Crippen molar-refractivity contribution in [3.05, 3.63) is 65.8 Å². The maximum Gasteiger partial charge on any atom is 0.174 e. The van der Waals surface area contributed by atoms with Crippen molar-refractivity contribution < 1.29 is 4.52 Å². The molecule has 0 aliphatic rings. The van der Waals surface area contributed by atoms with Crippen LogP contribution >= 0.6 is 11.6 Å². The summed E-state index contributed by atoms with van der Waals surface area (Å²) in [6.07, 6.45) is 1.74. The highest BCUT2D eigenvalue weighted by Crippen LogP contribution is 2.32. The molecule has 3 heteroatoms. The fraction of sp³-hybridized carbons (Fsp3) is 0. The third-order valence-electron chi connectivity index (χ3n) is 2.76. The van der Waals surface area contributed by atoms with Gasteiger partial charge in [0.15, 0.2) is 5.76 Å². The van der Waals surface area contributed by atoms with Gasteiger partial charge in [-0.3, -0.25) is 0 Å². The first-order valence-corrected chi connectivity index (χ1v) is 5.98. The molecular formula is C15H10ClNO. The fourth-order valence-corrected chi connectivity index (χ4v) is 2.00. The summed E-state index contributed by atoms with van der Waals surface area (Å²) >= 11 is 5.88. The second-order valence-corrected chi connectivity index (χ2v) is 4.38. The molecule has 3 rings (SSSR count). The molecule has 1 heterocycles. The van der Waals surface area contributed by atoms with Gasteiger partial charge in [0, 0.05) is 16.1 Å². The molecule has 0 spiro atoms. The molecule has 0 bridgehead atoms. The fourth-order valence-electron chi connectivity index (χ4n) is 1.87. The van der Waals surface area contributed by atoms with Crippen molar-refractivity contribution in [2.75, 3.05) is 0 Å². The van der Waals surface area contributed by atoms with Gasteiger partial charge in [0.1, 0.15) is 0 Å². The van der Waals surface area contributed by atoms with Crippen molar-refractivity contribution in [1.82, 2.24) is 5.16 Å². The molecule has 0 fully saturated rings. The Hall–Kier alpha value is -2.06. The Balaban J connectivity index is 2.10. The minimum atomic E-state index is 0.708. The lowest BCUT2D eigenvalue weighted by Gasteiger charge is -2.01. The second kappa shape index (κ2) is 4.67. The standard InChI is InChI=1S/C15H10ClNO/c16-13-8-6-12(7-9-13)15-14(10-17-18-15)11-4-2-1-3-5-11/h1-10H. The van der Waals surface area contributed by atoms with Crippen LogP contribution < -0.4 is 0 Å². The third kappa shape index (κ3) is 2.03. The van der Waals surface area contributed by atoms with Crippen LogP contribution in [0.25, 0.3) is 22.5 Å².